The molecule has 0 bridgehead atoms. The van der Waals surface area contributed by atoms with Crippen LogP contribution in [-0.2, 0) is 24.3 Å². The zero-order chi connectivity index (χ0) is 25.2. The Bertz CT molecular complexity index is 1210. The number of carbonyl (C=O) groups excluding carboxylic acids is 2. The third-order valence-corrected chi connectivity index (χ3v) is 6.94. The quantitative estimate of drug-likeness (QED) is 0.596. The third kappa shape index (κ3) is 5.68. The Morgan fingerprint density at radius 3 is 2.40 bits per heavy atom. The van der Waals surface area contributed by atoms with Crippen molar-refractivity contribution in [3.8, 4) is 11.5 Å². The Morgan fingerprint density at radius 1 is 1.03 bits per heavy atom. The summed E-state index contributed by atoms with van der Waals surface area (Å²) >= 11 is 0. The molecule has 1 amide bonds. The van der Waals surface area contributed by atoms with Gasteiger partial charge in [-0.1, -0.05) is 12.1 Å². The van der Waals surface area contributed by atoms with E-state index in [0.717, 1.165) is 0 Å². The number of nitrogens with one attached hydrogen (secondary N) is 1. The number of carbonyl (C=O) groups is 2. The van der Waals surface area contributed by atoms with Gasteiger partial charge in [0.25, 0.3) is 15.9 Å². The van der Waals surface area contributed by atoms with Gasteiger partial charge >= 0.3 is 5.97 Å². The average Bonchev–Trinajstić information content (AvgIpc) is 2.82. The molecular formula is C24H28N2O8S. The first-order chi connectivity index (χ1) is 16.6. The first-order valence-corrected chi connectivity index (χ1v) is 12.8. The predicted molar refractivity (Wildman–Crippen MR) is 126 cm³/mol. The first kappa shape index (κ1) is 24.8. The van der Waals surface area contributed by atoms with Crippen LogP contribution >= 0.6 is 0 Å². The van der Waals surface area contributed by atoms with E-state index in [1.54, 1.807) is 17.0 Å². The molecule has 1 saturated heterocycles. The normalized spacial score (nSPS) is 20.6. The molecule has 2 heterocycles. The lowest BCUT2D eigenvalue weighted by molar-refractivity contribution is -0.151. The number of para-hydroxylation sites is 1. The highest BCUT2D eigenvalue weighted by molar-refractivity contribution is 7.92. The van der Waals surface area contributed by atoms with E-state index in [4.69, 9.17) is 18.9 Å². The summed E-state index contributed by atoms with van der Waals surface area (Å²) < 4.78 is 50.4. The number of anilines is 1. The summed E-state index contributed by atoms with van der Waals surface area (Å²) in [6.07, 6.45) is -1.30. The van der Waals surface area contributed by atoms with E-state index >= 15 is 0 Å². The molecule has 188 valence electrons. The number of morpholine rings is 1. The van der Waals surface area contributed by atoms with Crippen molar-refractivity contribution >= 4 is 27.6 Å². The minimum atomic E-state index is -4.06. The number of benzene rings is 2. The van der Waals surface area contributed by atoms with Crippen LogP contribution in [0.3, 0.4) is 0 Å². The topological polar surface area (TPSA) is 120 Å². The molecule has 0 spiro atoms. The number of ether oxygens (including phenoxy) is 4. The lowest BCUT2D eigenvalue weighted by atomic mass is 10.2. The number of fused-ring (bicyclic) bond motifs is 1. The maximum absolute atomic E-state index is 13.0. The van der Waals surface area contributed by atoms with E-state index < -0.39 is 22.1 Å². The van der Waals surface area contributed by atoms with Gasteiger partial charge in [0, 0.05) is 19.2 Å². The van der Waals surface area contributed by atoms with E-state index in [9.17, 15) is 18.0 Å². The van der Waals surface area contributed by atoms with Crippen LogP contribution in [0.1, 0.15) is 31.1 Å². The van der Waals surface area contributed by atoms with E-state index in [2.05, 4.69) is 4.72 Å². The molecule has 0 radical (unpaired) electrons. The molecule has 4 rings (SSSR count). The van der Waals surface area contributed by atoms with E-state index in [0.29, 0.717) is 37.8 Å². The van der Waals surface area contributed by atoms with Crippen LogP contribution < -0.4 is 14.2 Å². The Labute approximate surface area is 204 Å². The van der Waals surface area contributed by atoms with Gasteiger partial charge < -0.3 is 23.8 Å². The molecule has 3 atom stereocenters. The highest BCUT2D eigenvalue weighted by Crippen LogP contribution is 2.33. The Morgan fingerprint density at radius 2 is 1.69 bits per heavy atom. The van der Waals surface area contributed by atoms with Crippen molar-refractivity contribution in [2.75, 3.05) is 31.0 Å². The number of rotatable bonds is 6. The molecule has 0 unspecified atom stereocenters. The number of nitrogens with zero attached hydrogens (tertiary/aromatic N) is 1. The third-order valence-electron chi connectivity index (χ3n) is 5.58. The lowest BCUT2D eigenvalue weighted by Crippen LogP contribution is -2.51. The highest BCUT2D eigenvalue weighted by atomic mass is 32.2. The average molecular weight is 505 g/mol. The SMILES string of the molecule is C[C@H]1CN(C(=O)[C@@H](C)OC(=O)c2ccccc2NS(=O)(=O)c2ccc3c(c2)OCCO3)C[C@H](C)O1. The van der Waals surface area contributed by atoms with E-state index in [1.807, 2.05) is 13.8 Å². The number of hydrogen-bond acceptors (Lipinski definition) is 8. The fourth-order valence-electron chi connectivity index (χ4n) is 4.03. The number of sulfonamides is 1. The molecule has 2 aromatic rings. The van der Waals surface area contributed by atoms with E-state index in [1.165, 1.54) is 37.3 Å². The summed E-state index contributed by atoms with van der Waals surface area (Å²) in [5, 5.41) is 0. The molecule has 1 N–H and O–H groups in total. The minimum absolute atomic E-state index is 0.0167. The van der Waals surface area contributed by atoms with Crippen LogP contribution in [0.15, 0.2) is 47.4 Å². The molecular weight excluding hydrogens is 476 g/mol. The Hall–Kier alpha value is -3.31. The predicted octanol–water partition coefficient (Wildman–Crippen LogP) is 2.44. The summed E-state index contributed by atoms with van der Waals surface area (Å²) in [5.74, 6) is -0.372. The van der Waals surface area contributed by atoms with Crippen molar-refractivity contribution in [2.24, 2.45) is 0 Å². The van der Waals surface area contributed by atoms with Crippen molar-refractivity contribution in [2.45, 2.75) is 44.0 Å². The van der Waals surface area contributed by atoms with Crippen molar-refractivity contribution in [1.29, 1.82) is 0 Å². The molecule has 2 aromatic carbocycles. The largest absolute Gasteiger partial charge is 0.486 e. The van der Waals surface area contributed by atoms with Crippen LogP contribution in [0.4, 0.5) is 5.69 Å². The van der Waals surface area contributed by atoms with Gasteiger partial charge in [0.15, 0.2) is 17.6 Å². The van der Waals surface area contributed by atoms with Crippen LogP contribution in [0.2, 0.25) is 0 Å². The summed E-state index contributed by atoms with van der Waals surface area (Å²) in [6.45, 7) is 6.74. The first-order valence-electron chi connectivity index (χ1n) is 11.3. The number of amides is 1. The summed E-state index contributed by atoms with van der Waals surface area (Å²) in [4.78, 5) is 27.3. The van der Waals surface area contributed by atoms with Gasteiger partial charge in [-0.2, -0.15) is 0 Å². The monoisotopic (exact) mass is 504 g/mol. The number of hydrogen-bond donors (Lipinski definition) is 1. The van der Waals surface area contributed by atoms with Crippen molar-refractivity contribution in [3.05, 3.63) is 48.0 Å². The second kappa shape index (κ2) is 10.1. The molecule has 0 aromatic heterocycles. The molecule has 10 nitrogen and oxygen atoms in total. The van der Waals surface area contributed by atoms with Gasteiger partial charge in [-0.05, 0) is 45.0 Å². The summed E-state index contributed by atoms with van der Waals surface area (Å²) in [7, 11) is -4.06. The molecule has 11 heteroatoms. The lowest BCUT2D eigenvalue weighted by Gasteiger charge is -2.36. The Balaban J connectivity index is 1.48. The van der Waals surface area contributed by atoms with Gasteiger partial charge in [-0.15, -0.1) is 0 Å². The summed E-state index contributed by atoms with van der Waals surface area (Å²) in [5.41, 5.74) is 0.0117. The maximum atomic E-state index is 13.0. The van der Waals surface area contributed by atoms with Gasteiger partial charge in [0.1, 0.15) is 13.2 Å². The van der Waals surface area contributed by atoms with Gasteiger partial charge in [-0.25, -0.2) is 13.2 Å². The minimum Gasteiger partial charge on any atom is -0.486 e. The van der Waals surface area contributed by atoms with Crippen molar-refractivity contribution < 1.29 is 37.0 Å². The van der Waals surface area contributed by atoms with Crippen LogP contribution in [-0.4, -0.2) is 69.8 Å². The Kier molecular flexibility index (Phi) is 7.18. The standard InChI is InChI=1S/C24H28N2O8S/c1-15-13-26(14-16(2)33-15)23(27)17(3)34-24(28)19-6-4-5-7-20(19)25-35(29,30)18-8-9-21-22(12-18)32-11-10-31-21/h4-9,12,15-17,25H,10-11,13-14H2,1-3H3/t15-,16-,17+/m0/s1. The maximum Gasteiger partial charge on any atom is 0.341 e. The zero-order valence-corrected chi connectivity index (χ0v) is 20.5. The van der Waals surface area contributed by atoms with Crippen LogP contribution in [0, 0.1) is 0 Å². The molecule has 2 aliphatic heterocycles. The molecule has 0 saturated carbocycles. The van der Waals surface area contributed by atoms with Crippen LogP contribution in [0.25, 0.3) is 0 Å². The van der Waals surface area contributed by atoms with Crippen molar-refractivity contribution in [1.82, 2.24) is 4.90 Å². The van der Waals surface area contributed by atoms with Gasteiger partial charge in [0.05, 0.1) is 28.4 Å². The fraction of sp³-hybridized carbons (Fsp3) is 0.417. The van der Waals surface area contributed by atoms with Gasteiger partial charge in [-0.3, -0.25) is 9.52 Å². The highest BCUT2D eigenvalue weighted by Gasteiger charge is 2.31. The zero-order valence-electron chi connectivity index (χ0n) is 19.7. The van der Waals surface area contributed by atoms with Crippen molar-refractivity contribution in [3.63, 3.8) is 0 Å². The van der Waals surface area contributed by atoms with Gasteiger partial charge in [0.2, 0.25) is 0 Å². The van der Waals surface area contributed by atoms with Crippen LogP contribution in [0.5, 0.6) is 11.5 Å². The molecule has 35 heavy (non-hydrogen) atoms. The molecule has 0 aliphatic carbocycles. The second-order valence-corrected chi connectivity index (χ2v) is 10.2. The fourth-order valence-corrected chi connectivity index (χ4v) is 5.13. The molecule has 1 fully saturated rings. The summed E-state index contributed by atoms with van der Waals surface area (Å²) in [6, 6.07) is 10.3. The van der Waals surface area contributed by atoms with E-state index in [-0.39, 0.29) is 34.3 Å². The smallest absolute Gasteiger partial charge is 0.341 e. The second-order valence-electron chi connectivity index (χ2n) is 8.50. The molecule has 2 aliphatic rings. The number of esters is 1.